The lowest BCUT2D eigenvalue weighted by molar-refractivity contribution is 0.0952. The fourth-order valence-electron chi connectivity index (χ4n) is 4.61. The lowest BCUT2D eigenvalue weighted by Crippen LogP contribution is -2.29. The number of halogens is 1. The number of aromatic nitrogens is 5. The largest absolute Gasteiger partial charge is 0.383 e. The third kappa shape index (κ3) is 4.29. The Morgan fingerprint density at radius 1 is 0.974 bits per heavy atom. The first-order valence-corrected chi connectivity index (χ1v) is 12.3. The Hall–Kier alpha value is -4.89. The summed E-state index contributed by atoms with van der Waals surface area (Å²) >= 11 is 6.62. The number of nitrogens with zero attached hydrogens (tertiary/aromatic N) is 3. The second-order valence-corrected chi connectivity index (χ2v) is 9.34. The minimum atomic E-state index is -0.266. The number of pyridine rings is 1. The number of nitrogens with one attached hydrogen (secondary N) is 3. The molecule has 9 nitrogen and oxygen atoms in total. The van der Waals surface area contributed by atoms with Crippen LogP contribution in [0.15, 0.2) is 79.0 Å². The molecule has 0 aliphatic carbocycles. The van der Waals surface area contributed by atoms with Crippen molar-refractivity contribution in [2.75, 3.05) is 18.0 Å². The van der Waals surface area contributed by atoms with Gasteiger partial charge in [-0.05, 0) is 47.3 Å². The number of aromatic amines is 2. The number of carbonyl (C=O) groups is 1. The van der Waals surface area contributed by atoms with Crippen LogP contribution < -0.4 is 16.8 Å². The lowest BCUT2D eigenvalue weighted by atomic mass is 9.98. The number of benzene rings is 3. The SMILES string of the molecule is Nc1nccc2cc(C(=O)NC[C@H](c3ccccc3)c3nc(-c4ccc5c(N)n[nH]c5c4)c(Cl)[nH]3)ccc12. The molecule has 0 aliphatic heterocycles. The summed E-state index contributed by atoms with van der Waals surface area (Å²) in [6.45, 7) is 0.304. The third-order valence-corrected chi connectivity index (χ3v) is 6.87. The number of fused-ring (bicyclic) bond motifs is 2. The van der Waals surface area contributed by atoms with Gasteiger partial charge in [0, 0.05) is 34.6 Å². The van der Waals surface area contributed by atoms with E-state index >= 15 is 0 Å². The fraction of sp³-hybridized carbons (Fsp3) is 0.0714. The van der Waals surface area contributed by atoms with Crippen LogP contribution in [0, 0.1) is 0 Å². The Labute approximate surface area is 222 Å². The van der Waals surface area contributed by atoms with Crippen LogP contribution in [0.4, 0.5) is 11.6 Å². The maximum Gasteiger partial charge on any atom is 0.251 e. The van der Waals surface area contributed by atoms with Gasteiger partial charge >= 0.3 is 0 Å². The molecule has 3 aromatic heterocycles. The highest BCUT2D eigenvalue weighted by molar-refractivity contribution is 6.32. The number of hydrogen-bond acceptors (Lipinski definition) is 6. The third-order valence-electron chi connectivity index (χ3n) is 6.60. The van der Waals surface area contributed by atoms with E-state index in [-0.39, 0.29) is 11.8 Å². The number of anilines is 2. The van der Waals surface area contributed by atoms with Gasteiger partial charge in [-0.3, -0.25) is 9.89 Å². The summed E-state index contributed by atoms with van der Waals surface area (Å²) in [6, 6.07) is 22.7. The van der Waals surface area contributed by atoms with Gasteiger partial charge < -0.3 is 21.8 Å². The van der Waals surface area contributed by atoms with Crippen LogP contribution in [0.1, 0.15) is 27.7 Å². The summed E-state index contributed by atoms with van der Waals surface area (Å²) in [5.41, 5.74) is 15.6. The molecule has 0 bridgehead atoms. The number of nitrogens with two attached hydrogens (primary N) is 2. The molecule has 188 valence electrons. The number of hydrogen-bond donors (Lipinski definition) is 5. The molecule has 3 aromatic carbocycles. The summed E-state index contributed by atoms with van der Waals surface area (Å²) in [6.07, 6.45) is 1.63. The topological polar surface area (TPSA) is 151 Å². The maximum atomic E-state index is 13.1. The number of amides is 1. The number of nitrogen functional groups attached to an aromatic ring is 2. The molecule has 0 saturated heterocycles. The molecule has 3 heterocycles. The summed E-state index contributed by atoms with van der Waals surface area (Å²) in [5.74, 6) is 1.03. The van der Waals surface area contributed by atoms with Crippen molar-refractivity contribution in [1.82, 2.24) is 30.5 Å². The van der Waals surface area contributed by atoms with Gasteiger partial charge in [-0.2, -0.15) is 5.10 Å². The maximum absolute atomic E-state index is 13.1. The standard InChI is InChI=1S/C28H23ClN8O/c29-24-23(17-6-9-20-22(13-17)36-37-26(20)31)34-27(35-24)21(15-4-2-1-3-5-15)14-33-28(38)18-7-8-19-16(12-18)10-11-32-25(19)30/h1-13,21H,14H2,(H2,30,32)(H,33,38)(H,34,35)(H3,31,36,37)/t21-/m1/s1. The van der Waals surface area contributed by atoms with E-state index in [1.165, 1.54) is 0 Å². The minimum absolute atomic E-state index is 0.205. The molecule has 6 aromatic rings. The van der Waals surface area contributed by atoms with E-state index < -0.39 is 0 Å². The molecule has 1 atom stereocenters. The Morgan fingerprint density at radius 3 is 2.63 bits per heavy atom. The molecular formula is C28H23ClN8O. The predicted octanol–water partition coefficient (Wildman–Crippen LogP) is 4.88. The van der Waals surface area contributed by atoms with Gasteiger partial charge in [0.1, 0.15) is 22.5 Å². The summed E-state index contributed by atoms with van der Waals surface area (Å²) in [5, 5.41) is 12.9. The highest BCUT2D eigenvalue weighted by Gasteiger charge is 2.22. The molecule has 10 heteroatoms. The van der Waals surface area contributed by atoms with Gasteiger partial charge in [-0.1, -0.05) is 48.0 Å². The van der Waals surface area contributed by atoms with Gasteiger partial charge in [-0.25, -0.2) is 9.97 Å². The first-order valence-electron chi connectivity index (χ1n) is 11.9. The van der Waals surface area contributed by atoms with Gasteiger partial charge in [0.25, 0.3) is 5.91 Å². The molecule has 0 radical (unpaired) electrons. The van der Waals surface area contributed by atoms with Crippen molar-refractivity contribution in [3.8, 4) is 11.3 Å². The van der Waals surface area contributed by atoms with E-state index in [4.69, 9.17) is 28.1 Å². The van der Waals surface area contributed by atoms with Crippen LogP contribution >= 0.6 is 11.6 Å². The molecule has 0 saturated carbocycles. The predicted molar refractivity (Wildman–Crippen MR) is 150 cm³/mol. The van der Waals surface area contributed by atoms with Crippen LogP contribution in [0.5, 0.6) is 0 Å². The molecule has 38 heavy (non-hydrogen) atoms. The molecule has 0 aliphatic rings. The van der Waals surface area contributed by atoms with Crippen LogP contribution in [-0.4, -0.2) is 37.6 Å². The van der Waals surface area contributed by atoms with Crippen LogP contribution in [0.3, 0.4) is 0 Å². The molecular weight excluding hydrogens is 500 g/mol. The van der Waals surface area contributed by atoms with Crippen molar-refractivity contribution in [2.45, 2.75) is 5.92 Å². The Kier molecular flexibility index (Phi) is 5.89. The van der Waals surface area contributed by atoms with Crippen molar-refractivity contribution < 1.29 is 4.79 Å². The average Bonchev–Trinajstić information content (AvgIpc) is 3.51. The zero-order valence-corrected chi connectivity index (χ0v) is 20.8. The van der Waals surface area contributed by atoms with E-state index in [1.807, 2.05) is 60.7 Å². The highest BCUT2D eigenvalue weighted by Crippen LogP contribution is 2.32. The van der Waals surface area contributed by atoms with Crippen molar-refractivity contribution >= 4 is 50.8 Å². The molecule has 6 rings (SSSR count). The van der Waals surface area contributed by atoms with Crippen molar-refractivity contribution in [2.24, 2.45) is 0 Å². The van der Waals surface area contributed by atoms with E-state index in [2.05, 4.69) is 25.5 Å². The van der Waals surface area contributed by atoms with Crippen molar-refractivity contribution in [1.29, 1.82) is 0 Å². The summed E-state index contributed by atoms with van der Waals surface area (Å²) in [4.78, 5) is 25.3. The molecule has 0 fully saturated rings. The highest BCUT2D eigenvalue weighted by atomic mass is 35.5. The van der Waals surface area contributed by atoms with E-state index in [1.54, 1.807) is 18.3 Å². The Morgan fingerprint density at radius 2 is 1.79 bits per heavy atom. The second kappa shape index (κ2) is 9.53. The monoisotopic (exact) mass is 522 g/mol. The van der Waals surface area contributed by atoms with Gasteiger partial charge in [0.05, 0.1) is 11.4 Å². The smallest absolute Gasteiger partial charge is 0.251 e. The first kappa shape index (κ1) is 23.5. The van der Waals surface area contributed by atoms with Gasteiger partial charge in [-0.15, -0.1) is 0 Å². The van der Waals surface area contributed by atoms with Gasteiger partial charge in [0.15, 0.2) is 5.82 Å². The fourth-order valence-corrected chi connectivity index (χ4v) is 4.86. The van der Waals surface area contributed by atoms with Gasteiger partial charge in [0.2, 0.25) is 0 Å². The zero-order chi connectivity index (χ0) is 26.2. The number of carbonyl (C=O) groups excluding carboxylic acids is 1. The normalized spacial score (nSPS) is 12.1. The number of imidazole rings is 1. The number of rotatable bonds is 6. The van der Waals surface area contributed by atoms with Crippen molar-refractivity contribution in [3.63, 3.8) is 0 Å². The molecule has 0 spiro atoms. The summed E-state index contributed by atoms with van der Waals surface area (Å²) in [7, 11) is 0. The zero-order valence-electron chi connectivity index (χ0n) is 20.1. The Bertz CT molecular complexity index is 1790. The van der Waals surface area contributed by atoms with E-state index in [9.17, 15) is 4.79 Å². The first-order chi connectivity index (χ1) is 18.5. The lowest BCUT2D eigenvalue weighted by Gasteiger charge is -2.16. The van der Waals surface area contributed by atoms with E-state index in [0.717, 1.165) is 32.8 Å². The Balaban J connectivity index is 1.30. The van der Waals surface area contributed by atoms with Crippen LogP contribution in [0.25, 0.3) is 32.9 Å². The van der Waals surface area contributed by atoms with Crippen molar-refractivity contribution in [3.05, 3.63) is 101 Å². The average molecular weight is 523 g/mol. The molecule has 0 unspecified atom stereocenters. The molecule has 7 N–H and O–H groups in total. The van der Waals surface area contributed by atoms with Crippen LogP contribution in [0.2, 0.25) is 5.15 Å². The molecule has 1 amide bonds. The quantitative estimate of drug-likeness (QED) is 0.210. The second-order valence-electron chi connectivity index (χ2n) is 8.96. The van der Waals surface area contributed by atoms with Crippen LogP contribution in [-0.2, 0) is 0 Å². The summed E-state index contributed by atoms with van der Waals surface area (Å²) < 4.78 is 0. The van der Waals surface area contributed by atoms with E-state index in [0.29, 0.717) is 40.4 Å². The minimum Gasteiger partial charge on any atom is -0.383 e. The number of H-pyrrole nitrogens is 2.